The Balaban J connectivity index is 1.95. The number of hydrogen-bond acceptors (Lipinski definition) is 4. The third kappa shape index (κ3) is 2.48. The molecule has 1 aromatic carbocycles. The van der Waals surface area contributed by atoms with Crippen molar-refractivity contribution in [3.05, 3.63) is 29.3 Å². The highest BCUT2D eigenvalue weighted by atomic mass is 32.2. The molecule has 2 N–H and O–H groups in total. The minimum atomic E-state index is -3.43. The van der Waals surface area contributed by atoms with Crippen LogP contribution in [0.3, 0.4) is 0 Å². The van der Waals surface area contributed by atoms with E-state index >= 15 is 0 Å². The average Bonchev–Trinajstić information content (AvgIpc) is 2.47. The fourth-order valence-corrected chi connectivity index (χ4v) is 4.72. The van der Waals surface area contributed by atoms with Crippen molar-refractivity contribution in [3.8, 4) is 0 Å². The Hall–Kier alpha value is -0.950. The number of nitrogens with one attached hydrogen (secondary N) is 1. The molecule has 1 fully saturated rings. The molecule has 1 aromatic rings. The van der Waals surface area contributed by atoms with Gasteiger partial charge in [0.1, 0.15) is 0 Å². The number of benzene rings is 1. The SMILES string of the molecule is O=S(=O)(c1cccc2c1CCNC2)N1CCC(O)CC1. The molecule has 5 nitrogen and oxygen atoms in total. The van der Waals surface area contributed by atoms with Crippen LogP contribution in [0.15, 0.2) is 23.1 Å². The monoisotopic (exact) mass is 296 g/mol. The first-order valence-corrected chi connectivity index (χ1v) is 8.53. The molecule has 0 radical (unpaired) electrons. The summed E-state index contributed by atoms with van der Waals surface area (Å²) < 4.78 is 27.1. The molecule has 20 heavy (non-hydrogen) atoms. The lowest BCUT2D eigenvalue weighted by molar-refractivity contribution is 0.113. The molecule has 6 heteroatoms. The summed E-state index contributed by atoms with van der Waals surface area (Å²) in [5.74, 6) is 0. The van der Waals surface area contributed by atoms with E-state index in [2.05, 4.69) is 5.32 Å². The standard InChI is InChI=1S/C14H20N2O3S/c17-12-5-8-16(9-6-12)20(18,19)14-3-1-2-11-10-15-7-4-13(11)14/h1-3,12,15,17H,4-10H2. The number of piperidine rings is 1. The third-order valence-electron chi connectivity index (χ3n) is 4.14. The molecule has 0 bridgehead atoms. The van der Waals surface area contributed by atoms with Crippen LogP contribution in [-0.4, -0.2) is 43.6 Å². The van der Waals surface area contributed by atoms with Gasteiger partial charge in [-0.3, -0.25) is 0 Å². The first-order chi connectivity index (χ1) is 9.59. The zero-order valence-corrected chi connectivity index (χ0v) is 12.2. The van der Waals surface area contributed by atoms with E-state index in [0.717, 1.165) is 30.6 Å². The molecule has 110 valence electrons. The molecule has 0 spiro atoms. The lowest BCUT2D eigenvalue weighted by Gasteiger charge is -2.30. The van der Waals surface area contributed by atoms with Crippen LogP contribution >= 0.6 is 0 Å². The van der Waals surface area contributed by atoms with Crippen molar-refractivity contribution < 1.29 is 13.5 Å². The van der Waals surface area contributed by atoms with Gasteiger partial charge in [-0.25, -0.2) is 8.42 Å². The lowest BCUT2D eigenvalue weighted by atomic mass is 10.0. The van der Waals surface area contributed by atoms with Crippen LogP contribution in [0.2, 0.25) is 0 Å². The summed E-state index contributed by atoms with van der Waals surface area (Å²) in [5, 5.41) is 12.8. The summed E-state index contributed by atoms with van der Waals surface area (Å²) in [7, 11) is -3.43. The molecule has 0 saturated carbocycles. The summed E-state index contributed by atoms with van der Waals surface area (Å²) in [5.41, 5.74) is 2.03. The van der Waals surface area contributed by atoms with E-state index in [4.69, 9.17) is 0 Å². The summed E-state index contributed by atoms with van der Waals surface area (Å²) in [6.07, 6.45) is 1.43. The summed E-state index contributed by atoms with van der Waals surface area (Å²) >= 11 is 0. The molecular formula is C14H20N2O3S. The highest BCUT2D eigenvalue weighted by Crippen LogP contribution is 2.27. The van der Waals surface area contributed by atoms with Gasteiger partial charge in [0.15, 0.2) is 0 Å². The fraction of sp³-hybridized carbons (Fsp3) is 0.571. The van der Waals surface area contributed by atoms with Crippen molar-refractivity contribution in [1.82, 2.24) is 9.62 Å². The molecule has 3 rings (SSSR count). The van der Waals surface area contributed by atoms with Crippen molar-refractivity contribution in [3.63, 3.8) is 0 Å². The Kier molecular flexibility index (Phi) is 3.81. The van der Waals surface area contributed by atoms with Crippen LogP contribution < -0.4 is 5.32 Å². The van der Waals surface area contributed by atoms with E-state index < -0.39 is 10.0 Å². The second-order valence-electron chi connectivity index (χ2n) is 5.46. The Labute approximate surface area is 119 Å². The molecule has 1 saturated heterocycles. The van der Waals surface area contributed by atoms with Crippen LogP contribution in [0.25, 0.3) is 0 Å². The number of rotatable bonds is 2. The van der Waals surface area contributed by atoms with E-state index in [-0.39, 0.29) is 6.10 Å². The molecule has 2 aliphatic rings. The van der Waals surface area contributed by atoms with E-state index in [1.54, 1.807) is 6.07 Å². The molecule has 2 heterocycles. The summed E-state index contributed by atoms with van der Waals surface area (Å²) in [4.78, 5) is 0.452. The number of nitrogens with zero attached hydrogens (tertiary/aromatic N) is 1. The zero-order valence-electron chi connectivity index (χ0n) is 11.4. The van der Waals surface area contributed by atoms with Crippen LogP contribution in [0.1, 0.15) is 24.0 Å². The van der Waals surface area contributed by atoms with Gasteiger partial charge in [0.05, 0.1) is 11.0 Å². The van der Waals surface area contributed by atoms with E-state index in [9.17, 15) is 13.5 Å². The Morgan fingerprint density at radius 3 is 2.75 bits per heavy atom. The number of aliphatic hydroxyl groups is 1. The van der Waals surface area contributed by atoms with Gasteiger partial charge in [-0.2, -0.15) is 4.31 Å². The minimum absolute atomic E-state index is 0.365. The van der Waals surface area contributed by atoms with Crippen molar-refractivity contribution in [2.45, 2.75) is 36.8 Å². The van der Waals surface area contributed by atoms with Crippen molar-refractivity contribution in [2.24, 2.45) is 0 Å². The minimum Gasteiger partial charge on any atom is -0.393 e. The fourth-order valence-electron chi connectivity index (χ4n) is 2.96. The maximum atomic E-state index is 12.8. The van der Waals surface area contributed by atoms with Crippen molar-refractivity contribution in [2.75, 3.05) is 19.6 Å². The quantitative estimate of drug-likeness (QED) is 0.833. The highest BCUT2D eigenvalue weighted by molar-refractivity contribution is 7.89. The normalized spacial score (nSPS) is 21.6. The Morgan fingerprint density at radius 2 is 2.00 bits per heavy atom. The predicted molar refractivity (Wildman–Crippen MR) is 75.9 cm³/mol. The largest absolute Gasteiger partial charge is 0.393 e. The maximum absolute atomic E-state index is 12.8. The topological polar surface area (TPSA) is 69.6 Å². The summed E-state index contributed by atoms with van der Waals surface area (Å²) in [6, 6.07) is 5.52. The Morgan fingerprint density at radius 1 is 1.25 bits per heavy atom. The second-order valence-corrected chi connectivity index (χ2v) is 7.36. The van der Waals surface area contributed by atoms with Crippen LogP contribution in [-0.2, 0) is 23.0 Å². The number of sulfonamides is 1. The van der Waals surface area contributed by atoms with E-state index in [0.29, 0.717) is 30.8 Å². The van der Waals surface area contributed by atoms with Crippen LogP contribution in [0.5, 0.6) is 0 Å². The second kappa shape index (κ2) is 5.44. The molecule has 2 aliphatic heterocycles. The number of aliphatic hydroxyl groups excluding tert-OH is 1. The molecular weight excluding hydrogens is 276 g/mol. The van der Waals surface area contributed by atoms with E-state index in [1.165, 1.54) is 4.31 Å². The smallest absolute Gasteiger partial charge is 0.243 e. The molecule has 0 atom stereocenters. The molecule has 0 unspecified atom stereocenters. The van der Waals surface area contributed by atoms with Crippen LogP contribution in [0, 0.1) is 0 Å². The van der Waals surface area contributed by atoms with Crippen molar-refractivity contribution in [1.29, 1.82) is 0 Å². The van der Waals surface area contributed by atoms with Crippen LogP contribution in [0.4, 0.5) is 0 Å². The average molecular weight is 296 g/mol. The Bertz CT molecular complexity index is 592. The summed E-state index contributed by atoms with van der Waals surface area (Å²) in [6.45, 7) is 2.37. The number of hydrogen-bond donors (Lipinski definition) is 2. The number of fused-ring (bicyclic) bond motifs is 1. The van der Waals surface area contributed by atoms with Crippen molar-refractivity contribution >= 4 is 10.0 Å². The van der Waals surface area contributed by atoms with Gasteiger partial charge < -0.3 is 10.4 Å². The van der Waals surface area contributed by atoms with Gasteiger partial charge in [0.25, 0.3) is 0 Å². The van der Waals surface area contributed by atoms with Gasteiger partial charge >= 0.3 is 0 Å². The molecule has 0 amide bonds. The molecule has 0 aliphatic carbocycles. The molecule has 0 aromatic heterocycles. The third-order valence-corrected chi connectivity index (χ3v) is 6.12. The van der Waals surface area contributed by atoms with Gasteiger partial charge in [-0.05, 0) is 43.0 Å². The van der Waals surface area contributed by atoms with Gasteiger partial charge in [-0.15, -0.1) is 0 Å². The zero-order chi connectivity index (χ0) is 14.2. The maximum Gasteiger partial charge on any atom is 0.243 e. The van der Waals surface area contributed by atoms with Gasteiger partial charge in [-0.1, -0.05) is 12.1 Å². The first-order valence-electron chi connectivity index (χ1n) is 7.09. The predicted octanol–water partition coefficient (Wildman–Crippen LogP) is 0.478. The lowest BCUT2D eigenvalue weighted by Crippen LogP contribution is -2.40. The van der Waals surface area contributed by atoms with Gasteiger partial charge in [0, 0.05) is 19.6 Å². The highest BCUT2D eigenvalue weighted by Gasteiger charge is 2.31. The first kappa shape index (κ1) is 14.0. The van der Waals surface area contributed by atoms with Gasteiger partial charge in [0.2, 0.25) is 10.0 Å². The van der Waals surface area contributed by atoms with E-state index in [1.807, 2.05) is 12.1 Å².